The summed E-state index contributed by atoms with van der Waals surface area (Å²) < 4.78 is 3.23. The predicted molar refractivity (Wildman–Crippen MR) is 57.0 cm³/mol. The number of halogens is 1. The molecule has 0 radical (unpaired) electrons. The van der Waals surface area contributed by atoms with Crippen LogP contribution >= 0.6 is 15.9 Å². The lowest BCUT2D eigenvalue weighted by Crippen LogP contribution is -2.11. The lowest BCUT2D eigenvalue weighted by Gasteiger charge is -2.15. The Bertz CT molecular complexity index is 315. The van der Waals surface area contributed by atoms with Crippen LogP contribution in [0.4, 0.5) is 0 Å². The molecule has 1 aromatic rings. The fourth-order valence-electron chi connectivity index (χ4n) is 2.01. The van der Waals surface area contributed by atoms with E-state index in [1.165, 1.54) is 36.9 Å². The number of rotatable bonds is 1. The smallest absolute Gasteiger partial charge is 0.131 e. The summed E-state index contributed by atoms with van der Waals surface area (Å²) in [5.74, 6) is 0. The number of fused-ring (bicyclic) bond motifs is 1. The highest BCUT2D eigenvalue weighted by Gasteiger charge is 2.20. The van der Waals surface area contributed by atoms with Gasteiger partial charge in [-0.1, -0.05) is 0 Å². The van der Waals surface area contributed by atoms with Crippen LogP contribution in [-0.2, 0) is 12.8 Å². The van der Waals surface area contributed by atoms with Gasteiger partial charge in [0, 0.05) is 17.3 Å². The maximum absolute atomic E-state index is 4.53. The summed E-state index contributed by atoms with van der Waals surface area (Å²) in [4.78, 5) is 0. The van der Waals surface area contributed by atoms with E-state index in [9.17, 15) is 0 Å². The Kier molecular flexibility index (Phi) is 2.45. The first-order valence-electron chi connectivity index (χ1n) is 4.96. The minimum atomic E-state index is 0.484. The standard InChI is InChI=1S/C10H15BrN2/c1-7(2)13-9-6-4-3-5-8(9)10(11)12-13/h7H,3-6H2,1-2H3. The van der Waals surface area contributed by atoms with Gasteiger partial charge in [-0.15, -0.1) is 0 Å². The second-order valence-electron chi connectivity index (χ2n) is 3.96. The summed E-state index contributed by atoms with van der Waals surface area (Å²) in [6, 6.07) is 0.484. The van der Waals surface area contributed by atoms with Crippen LogP contribution in [0.1, 0.15) is 44.0 Å². The fraction of sp³-hybridized carbons (Fsp3) is 0.700. The molecule has 0 N–H and O–H groups in total. The molecule has 1 aliphatic carbocycles. The summed E-state index contributed by atoms with van der Waals surface area (Å²) in [5.41, 5.74) is 2.90. The second kappa shape index (κ2) is 3.45. The van der Waals surface area contributed by atoms with Crippen molar-refractivity contribution in [1.29, 1.82) is 0 Å². The lowest BCUT2D eigenvalue weighted by molar-refractivity contribution is 0.494. The first-order chi connectivity index (χ1) is 6.20. The molecular formula is C10H15BrN2. The summed E-state index contributed by atoms with van der Waals surface area (Å²) in [5, 5.41) is 4.53. The van der Waals surface area contributed by atoms with Crippen molar-refractivity contribution in [2.24, 2.45) is 0 Å². The molecule has 0 bridgehead atoms. The Balaban J connectivity index is 2.47. The molecular weight excluding hydrogens is 228 g/mol. The van der Waals surface area contributed by atoms with E-state index in [4.69, 9.17) is 0 Å². The van der Waals surface area contributed by atoms with Crippen LogP contribution in [0, 0.1) is 0 Å². The number of aromatic nitrogens is 2. The Hall–Kier alpha value is -0.310. The van der Waals surface area contributed by atoms with Crippen molar-refractivity contribution < 1.29 is 0 Å². The van der Waals surface area contributed by atoms with Crippen molar-refractivity contribution >= 4 is 15.9 Å². The first-order valence-corrected chi connectivity index (χ1v) is 5.75. The topological polar surface area (TPSA) is 17.8 Å². The van der Waals surface area contributed by atoms with E-state index >= 15 is 0 Å². The van der Waals surface area contributed by atoms with Gasteiger partial charge in [0.05, 0.1) is 0 Å². The molecule has 72 valence electrons. The lowest BCUT2D eigenvalue weighted by atomic mass is 9.98. The summed E-state index contributed by atoms with van der Waals surface area (Å²) in [7, 11) is 0. The largest absolute Gasteiger partial charge is 0.266 e. The van der Waals surface area contributed by atoms with Gasteiger partial charge in [-0.25, -0.2) is 0 Å². The number of nitrogens with zero attached hydrogens (tertiary/aromatic N) is 2. The minimum absolute atomic E-state index is 0.484. The molecule has 2 rings (SSSR count). The van der Waals surface area contributed by atoms with Crippen molar-refractivity contribution in [3.8, 4) is 0 Å². The highest BCUT2D eigenvalue weighted by molar-refractivity contribution is 9.10. The molecule has 2 nitrogen and oxygen atoms in total. The van der Waals surface area contributed by atoms with Gasteiger partial charge in [0.1, 0.15) is 4.60 Å². The van der Waals surface area contributed by atoms with Gasteiger partial charge >= 0.3 is 0 Å². The van der Waals surface area contributed by atoms with Crippen LogP contribution in [0.25, 0.3) is 0 Å². The summed E-state index contributed by atoms with van der Waals surface area (Å²) in [6.45, 7) is 4.38. The van der Waals surface area contributed by atoms with E-state index in [-0.39, 0.29) is 0 Å². The number of hydrogen-bond acceptors (Lipinski definition) is 1. The molecule has 3 heteroatoms. The third-order valence-corrected chi connectivity index (χ3v) is 3.29. The van der Waals surface area contributed by atoms with Gasteiger partial charge in [0.2, 0.25) is 0 Å². The molecule has 0 unspecified atom stereocenters. The normalized spacial score (nSPS) is 16.3. The average Bonchev–Trinajstić information content (AvgIpc) is 2.45. The predicted octanol–water partition coefficient (Wildman–Crippen LogP) is 3.11. The maximum atomic E-state index is 4.53. The quantitative estimate of drug-likeness (QED) is 0.741. The van der Waals surface area contributed by atoms with Gasteiger partial charge in [-0.05, 0) is 55.5 Å². The molecule has 13 heavy (non-hydrogen) atoms. The molecule has 0 fully saturated rings. The van der Waals surface area contributed by atoms with Gasteiger partial charge in [-0.2, -0.15) is 5.10 Å². The van der Waals surface area contributed by atoms with Crippen LogP contribution in [0.5, 0.6) is 0 Å². The van der Waals surface area contributed by atoms with Crippen LogP contribution < -0.4 is 0 Å². The van der Waals surface area contributed by atoms with Crippen LogP contribution in [-0.4, -0.2) is 9.78 Å². The monoisotopic (exact) mass is 242 g/mol. The molecule has 0 saturated heterocycles. The van der Waals surface area contributed by atoms with Crippen LogP contribution in [0.3, 0.4) is 0 Å². The van der Waals surface area contributed by atoms with E-state index in [0.29, 0.717) is 6.04 Å². The highest BCUT2D eigenvalue weighted by atomic mass is 79.9. The van der Waals surface area contributed by atoms with Crippen LogP contribution in [0.15, 0.2) is 4.60 Å². The zero-order valence-electron chi connectivity index (χ0n) is 8.18. The Morgan fingerprint density at radius 1 is 1.31 bits per heavy atom. The van der Waals surface area contributed by atoms with Gasteiger partial charge in [-0.3, -0.25) is 4.68 Å². The number of hydrogen-bond donors (Lipinski definition) is 0. The highest BCUT2D eigenvalue weighted by Crippen LogP contribution is 2.29. The van der Waals surface area contributed by atoms with Gasteiger partial charge in [0.25, 0.3) is 0 Å². The van der Waals surface area contributed by atoms with Crippen molar-refractivity contribution in [2.75, 3.05) is 0 Å². The van der Waals surface area contributed by atoms with E-state index in [1.807, 2.05) is 0 Å². The second-order valence-corrected chi connectivity index (χ2v) is 4.71. The zero-order chi connectivity index (χ0) is 9.42. The molecule has 0 saturated carbocycles. The molecule has 0 atom stereocenters. The van der Waals surface area contributed by atoms with E-state index in [1.54, 1.807) is 0 Å². The summed E-state index contributed by atoms with van der Waals surface area (Å²) >= 11 is 3.54. The third-order valence-electron chi connectivity index (χ3n) is 2.65. The Morgan fingerprint density at radius 2 is 2.00 bits per heavy atom. The minimum Gasteiger partial charge on any atom is -0.266 e. The van der Waals surface area contributed by atoms with Crippen molar-refractivity contribution in [3.63, 3.8) is 0 Å². The molecule has 0 aliphatic heterocycles. The fourth-order valence-corrected chi connectivity index (χ4v) is 2.60. The van der Waals surface area contributed by atoms with Gasteiger partial charge < -0.3 is 0 Å². The van der Waals surface area contributed by atoms with Crippen molar-refractivity contribution in [3.05, 3.63) is 15.9 Å². The molecule has 0 spiro atoms. The molecule has 0 amide bonds. The molecule has 1 aromatic heterocycles. The van der Waals surface area contributed by atoms with Gasteiger partial charge in [0.15, 0.2) is 0 Å². The van der Waals surface area contributed by atoms with Crippen molar-refractivity contribution in [1.82, 2.24) is 9.78 Å². The Morgan fingerprint density at radius 3 is 2.69 bits per heavy atom. The maximum Gasteiger partial charge on any atom is 0.131 e. The average molecular weight is 243 g/mol. The Labute approximate surface area is 87.5 Å². The zero-order valence-corrected chi connectivity index (χ0v) is 9.76. The molecule has 1 heterocycles. The molecule has 0 aromatic carbocycles. The first kappa shape index (κ1) is 9.25. The molecule has 1 aliphatic rings. The van der Waals surface area contributed by atoms with Crippen molar-refractivity contribution in [2.45, 2.75) is 45.6 Å². The van der Waals surface area contributed by atoms with E-state index in [2.05, 4.69) is 39.6 Å². The third kappa shape index (κ3) is 1.54. The SMILES string of the molecule is CC(C)n1nc(Br)c2c1CCCC2. The van der Waals surface area contributed by atoms with E-state index < -0.39 is 0 Å². The van der Waals surface area contributed by atoms with E-state index in [0.717, 1.165) is 4.60 Å². The summed E-state index contributed by atoms with van der Waals surface area (Å²) in [6.07, 6.45) is 5.03. The van der Waals surface area contributed by atoms with Crippen LogP contribution in [0.2, 0.25) is 0 Å².